The molecule has 2 nitrogen and oxygen atoms in total. The van der Waals surface area contributed by atoms with Crippen LogP contribution in [0.15, 0.2) is 12.7 Å². The third-order valence-electron chi connectivity index (χ3n) is 2.31. The third-order valence-corrected chi connectivity index (χ3v) is 2.31. The molecule has 0 spiro atoms. The lowest BCUT2D eigenvalue weighted by atomic mass is 10.1. The summed E-state index contributed by atoms with van der Waals surface area (Å²) in [5.41, 5.74) is 0. The Bertz CT molecular complexity index is 145. The van der Waals surface area contributed by atoms with Crippen molar-refractivity contribution >= 4 is 0 Å². The van der Waals surface area contributed by atoms with E-state index in [-0.39, 0.29) is 18.3 Å². The molecule has 0 amide bonds. The fourth-order valence-corrected chi connectivity index (χ4v) is 1.70. The maximum Gasteiger partial charge on any atom is 0.0872 e. The van der Waals surface area contributed by atoms with Crippen molar-refractivity contribution in [3.8, 4) is 0 Å². The van der Waals surface area contributed by atoms with Crippen LogP contribution in [0.2, 0.25) is 0 Å². The molecule has 1 saturated heterocycles. The first-order chi connectivity index (χ1) is 5.77. The molecule has 1 heterocycles. The molecule has 12 heavy (non-hydrogen) atoms. The molecular formula is C10H18O2. The Morgan fingerprint density at radius 2 is 2.42 bits per heavy atom. The molecule has 1 rings (SSSR count). The topological polar surface area (TPSA) is 29.5 Å². The maximum absolute atomic E-state index is 9.54. The van der Waals surface area contributed by atoms with E-state index in [1.54, 1.807) is 0 Å². The van der Waals surface area contributed by atoms with Gasteiger partial charge in [-0.15, -0.1) is 6.58 Å². The van der Waals surface area contributed by atoms with E-state index in [9.17, 15) is 5.11 Å². The van der Waals surface area contributed by atoms with Gasteiger partial charge in [-0.25, -0.2) is 0 Å². The Hall–Kier alpha value is -0.340. The standard InChI is InChI=1S/C10H18O2/c1-3-5-8-7-9(11)10(12-8)6-4-2/h4,8-11H,2-3,5-7H2,1H3/t8-,9+,10-/m0/s1. The maximum atomic E-state index is 9.54. The first-order valence-corrected chi connectivity index (χ1v) is 4.72. The lowest BCUT2D eigenvalue weighted by molar-refractivity contribution is 0.00976. The second-order valence-corrected chi connectivity index (χ2v) is 3.41. The predicted octanol–water partition coefficient (Wildman–Crippen LogP) is 1.88. The Morgan fingerprint density at radius 1 is 1.67 bits per heavy atom. The van der Waals surface area contributed by atoms with Crippen molar-refractivity contribution in [1.82, 2.24) is 0 Å². The van der Waals surface area contributed by atoms with E-state index in [2.05, 4.69) is 13.5 Å². The van der Waals surface area contributed by atoms with Crippen molar-refractivity contribution in [2.24, 2.45) is 0 Å². The van der Waals surface area contributed by atoms with E-state index in [1.165, 1.54) is 0 Å². The predicted molar refractivity (Wildman–Crippen MR) is 49.0 cm³/mol. The highest BCUT2D eigenvalue weighted by molar-refractivity contribution is 4.86. The Balaban J connectivity index is 2.33. The molecule has 0 aromatic carbocycles. The number of hydrogen-bond donors (Lipinski definition) is 1. The second-order valence-electron chi connectivity index (χ2n) is 3.41. The van der Waals surface area contributed by atoms with Gasteiger partial charge < -0.3 is 9.84 Å². The molecule has 70 valence electrons. The summed E-state index contributed by atoms with van der Waals surface area (Å²) in [6.07, 6.45) is 5.55. The number of aliphatic hydroxyl groups excluding tert-OH is 1. The highest BCUT2D eigenvalue weighted by atomic mass is 16.5. The van der Waals surface area contributed by atoms with E-state index >= 15 is 0 Å². The summed E-state index contributed by atoms with van der Waals surface area (Å²) in [6.45, 7) is 5.77. The minimum absolute atomic E-state index is 0.000880. The van der Waals surface area contributed by atoms with Crippen LogP contribution in [0.25, 0.3) is 0 Å². The lowest BCUT2D eigenvalue weighted by Crippen LogP contribution is -2.19. The zero-order chi connectivity index (χ0) is 8.97. The van der Waals surface area contributed by atoms with Gasteiger partial charge in [0.25, 0.3) is 0 Å². The average Bonchev–Trinajstić information content (AvgIpc) is 2.34. The molecule has 0 saturated carbocycles. The fraction of sp³-hybridized carbons (Fsp3) is 0.800. The van der Waals surface area contributed by atoms with Crippen LogP contribution in [0.1, 0.15) is 32.6 Å². The third kappa shape index (κ3) is 2.32. The van der Waals surface area contributed by atoms with Crippen LogP contribution in [0, 0.1) is 0 Å². The number of hydrogen-bond acceptors (Lipinski definition) is 2. The molecule has 1 fully saturated rings. The number of ether oxygens (including phenoxy) is 1. The van der Waals surface area contributed by atoms with Gasteiger partial charge in [-0.2, -0.15) is 0 Å². The van der Waals surface area contributed by atoms with Gasteiger partial charge >= 0.3 is 0 Å². The van der Waals surface area contributed by atoms with E-state index in [1.807, 2.05) is 6.08 Å². The zero-order valence-corrected chi connectivity index (χ0v) is 7.70. The van der Waals surface area contributed by atoms with Crippen molar-refractivity contribution in [1.29, 1.82) is 0 Å². The highest BCUT2D eigenvalue weighted by Crippen LogP contribution is 2.25. The van der Waals surface area contributed by atoms with Crippen LogP contribution >= 0.6 is 0 Å². The van der Waals surface area contributed by atoms with Crippen LogP contribution in [0.5, 0.6) is 0 Å². The molecular weight excluding hydrogens is 152 g/mol. The Morgan fingerprint density at radius 3 is 3.00 bits per heavy atom. The summed E-state index contributed by atoms with van der Waals surface area (Å²) < 4.78 is 5.63. The van der Waals surface area contributed by atoms with Crippen LogP contribution < -0.4 is 0 Å². The summed E-state index contributed by atoms with van der Waals surface area (Å²) in [7, 11) is 0. The first kappa shape index (κ1) is 9.75. The summed E-state index contributed by atoms with van der Waals surface area (Å²) in [6, 6.07) is 0. The van der Waals surface area contributed by atoms with E-state index in [4.69, 9.17) is 4.74 Å². The first-order valence-electron chi connectivity index (χ1n) is 4.72. The van der Waals surface area contributed by atoms with Crippen molar-refractivity contribution in [2.75, 3.05) is 0 Å². The monoisotopic (exact) mass is 170 g/mol. The van der Waals surface area contributed by atoms with Gasteiger partial charge in [0.05, 0.1) is 18.3 Å². The highest BCUT2D eigenvalue weighted by Gasteiger charge is 2.31. The smallest absolute Gasteiger partial charge is 0.0872 e. The van der Waals surface area contributed by atoms with E-state index in [0.29, 0.717) is 0 Å². The van der Waals surface area contributed by atoms with Gasteiger partial charge in [-0.3, -0.25) is 0 Å². The SMILES string of the molecule is C=CC[C@@H]1O[C@@H](CCC)C[C@H]1O. The lowest BCUT2D eigenvalue weighted by Gasteiger charge is -2.11. The number of rotatable bonds is 4. The van der Waals surface area contributed by atoms with Gasteiger partial charge in [0, 0.05) is 6.42 Å². The second kappa shape index (κ2) is 4.63. The Labute approximate surface area is 74.2 Å². The van der Waals surface area contributed by atoms with E-state index in [0.717, 1.165) is 25.7 Å². The molecule has 0 aromatic heterocycles. The van der Waals surface area contributed by atoms with Gasteiger partial charge in [0.15, 0.2) is 0 Å². The van der Waals surface area contributed by atoms with Gasteiger partial charge in [0.2, 0.25) is 0 Å². The van der Waals surface area contributed by atoms with Gasteiger partial charge in [0.1, 0.15) is 0 Å². The van der Waals surface area contributed by atoms with E-state index < -0.39 is 0 Å². The van der Waals surface area contributed by atoms with Gasteiger partial charge in [-0.1, -0.05) is 19.4 Å². The molecule has 0 bridgehead atoms. The van der Waals surface area contributed by atoms with Crippen molar-refractivity contribution in [3.05, 3.63) is 12.7 Å². The largest absolute Gasteiger partial charge is 0.390 e. The minimum Gasteiger partial charge on any atom is -0.390 e. The molecule has 3 atom stereocenters. The van der Waals surface area contributed by atoms with Crippen LogP contribution in [0.3, 0.4) is 0 Å². The van der Waals surface area contributed by atoms with Crippen LogP contribution in [-0.4, -0.2) is 23.4 Å². The fourth-order valence-electron chi connectivity index (χ4n) is 1.70. The molecule has 0 unspecified atom stereocenters. The molecule has 1 N–H and O–H groups in total. The van der Waals surface area contributed by atoms with Crippen molar-refractivity contribution in [2.45, 2.75) is 50.9 Å². The summed E-state index contributed by atoms with van der Waals surface area (Å²) in [5.74, 6) is 0. The molecule has 1 aliphatic rings. The summed E-state index contributed by atoms with van der Waals surface area (Å²) >= 11 is 0. The van der Waals surface area contributed by atoms with Crippen molar-refractivity contribution in [3.63, 3.8) is 0 Å². The van der Waals surface area contributed by atoms with Crippen LogP contribution in [0.4, 0.5) is 0 Å². The Kier molecular flexibility index (Phi) is 3.76. The quantitative estimate of drug-likeness (QED) is 0.653. The molecule has 0 aliphatic carbocycles. The average molecular weight is 170 g/mol. The summed E-state index contributed by atoms with van der Waals surface area (Å²) in [5, 5.41) is 9.54. The number of aliphatic hydroxyl groups is 1. The minimum atomic E-state index is -0.278. The normalized spacial score (nSPS) is 35.3. The van der Waals surface area contributed by atoms with Gasteiger partial charge in [-0.05, 0) is 12.8 Å². The molecule has 0 radical (unpaired) electrons. The van der Waals surface area contributed by atoms with Crippen LogP contribution in [-0.2, 0) is 4.74 Å². The molecule has 2 heteroatoms. The summed E-state index contributed by atoms with van der Waals surface area (Å²) in [4.78, 5) is 0. The molecule has 1 aliphatic heterocycles. The molecule has 0 aromatic rings. The zero-order valence-electron chi connectivity index (χ0n) is 7.70. The van der Waals surface area contributed by atoms with Crippen molar-refractivity contribution < 1.29 is 9.84 Å².